The summed E-state index contributed by atoms with van der Waals surface area (Å²) in [5, 5.41) is 9.66. The number of rotatable bonds is 5. The standard InChI is InChI=1S/C11H12N2O4S2/c1-2-19(16,17)13(7-11(14)15)9-3-4-10-8(5-9)6-12-18-10/h3-6H,2,7H2,1H3,(H,14,15). The molecule has 0 spiro atoms. The van der Waals surface area contributed by atoms with Crippen molar-refractivity contribution in [1.29, 1.82) is 0 Å². The van der Waals surface area contributed by atoms with Gasteiger partial charge in [0.25, 0.3) is 0 Å². The predicted octanol–water partition coefficient (Wildman–Crippen LogP) is 1.54. The van der Waals surface area contributed by atoms with Gasteiger partial charge in [-0.2, -0.15) is 4.37 Å². The SMILES string of the molecule is CCS(=O)(=O)N(CC(=O)O)c1ccc2sncc2c1. The molecular weight excluding hydrogens is 288 g/mol. The Kier molecular flexibility index (Phi) is 3.72. The second kappa shape index (κ2) is 5.14. The Bertz CT molecular complexity index is 708. The van der Waals surface area contributed by atoms with Gasteiger partial charge in [-0.1, -0.05) is 0 Å². The van der Waals surface area contributed by atoms with Crippen LogP contribution in [0.25, 0.3) is 10.1 Å². The number of hydrogen-bond acceptors (Lipinski definition) is 5. The minimum absolute atomic E-state index is 0.153. The van der Waals surface area contributed by atoms with E-state index in [-0.39, 0.29) is 5.75 Å². The van der Waals surface area contributed by atoms with Gasteiger partial charge in [0, 0.05) is 11.6 Å². The Morgan fingerprint density at radius 3 is 2.84 bits per heavy atom. The van der Waals surface area contributed by atoms with E-state index in [1.165, 1.54) is 18.5 Å². The minimum atomic E-state index is -3.62. The lowest BCUT2D eigenvalue weighted by atomic mass is 10.2. The zero-order valence-electron chi connectivity index (χ0n) is 10.1. The zero-order valence-corrected chi connectivity index (χ0v) is 11.7. The van der Waals surface area contributed by atoms with Crippen molar-refractivity contribution in [2.75, 3.05) is 16.6 Å². The summed E-state index contributed by atoms with van der Waals surface area (Å²) in [6.45, 7) is 0.897. The Hall–Kier alpha value is -1.67. The van der Waals surface area contributed by atoms with Gasteiger partial charge in [-0.05, 0) is 36.7 Å². The molecule has 1 N–H and O–H groups in total. The number of anilines is 1. The second-order valence-corrected chi connectivity index (χ2v) is 6.86. The molecule has 0 aliphatic carbocycles. The highest BCUT2D eigenvalue weighted by atomic mass is 32.2. The molecule has 2 rings (SSSR count). The molecule has 1 aromatic carbocycles. The number of sulfonamides is 1. The first kappa shape index (κ1) is 13.8. The average molecular weight is 300 g/mol. The molecule has 0 aliphatic heterocycles. The fraction of sp³-hybridized carbons (Fsp3) is 0.273. The van der Waals surface area contributed by atoms with Crippen molar-refractivity contribution in [2.24, 2.45) is 0 Å². The van der Waals surface area contributed by atoms with Crippen molar-refractivity contribution < 1.29 is 18.3 Å². The van der Waals surface area contributed by atoms with Crippen molar-refractivity contribution in [3.63, 3.8) is 0 Å². The van der Waals surface area contributed by atoms with Crippen LogP contribution in [0.1, 0.15) is 6.92 Å². The monoisotopic (exact) mass is 300 g/mol. The van der Waals surface area contributed by atoms with Gasteiger partial charge in [-0.15, -0.1) is 0 Å². The first-order valence-corrected chi connectivity index (χ1v) is 7.89. The lowest BCUT2D eigenvalue weighted by Gasteiger charge is -2.21. The quantitative estimate of drug-likeness (QED) is 0.905. The Morgan fingerprint density at radius 2 is 2.21 bits per heavy atom. The van der Waals surface area contributed by atoms with E-state index in [0.29, 0.717) is 5.69 Å². The smallest absolute Gasteiger partial charge is 0.324 e. The van der Waals surface area contributed by atoms with Crippen LogP contribution in [0.15, 0.2) is 24.4 Å². The molecule has 19 heavy (non-hydrogen) atoms. The molecule has 0 atom stereocenters. The molecule has 0 unspecified atom stereocenters. The third-order valence-corrected chi connectivity index (χ3v) is 5.12. The maximum Gasteiger partial charge on any atom is 0.324 e. The van der Waals surface area contributed by atoms with Crippen LogP contribution < -0.4 is 4.31 Å². The molecule has 0 bridgehead atoms. The van der Waals surface area contributed by atoms with Crippen LogP contribution in [-0.4, -0.2) is 36.2 Å². The first-order chi connectivity index (χ1) is 8.94. The van der Waals surface area contributed by atoms with Crippen molar-refractivity contribution in [2.45, 2.75) is 6.92 Å². The number of benzene rings is 1. The molecule has 6 nitrogen and oxygen atoms in total. The summed E-state index contributed by atoms with van der Waals surface area (Å²) in [7, 11) is -3.62. The second-order valence-electron chi connectivity index (χ2n) is 3.85. The van der Waals surface area contributed by atoms with Crippen LogP contribution in [-0.2, 0) is 14.8 Å². The Morgan fingerprint density at radius 1 is 1.47 bits per heavy atom. The third-order valence-electron chi connectivity index (χ3n) is 2.60. The minimum Gasteiger partial charge on any atom is -0.480 e. The zero-order chi connectivity index (χ0) is 14.0. The lowest BCUT2D eigenvalue weighted by molar-refractivity contribution is -0.135. The van der Waals surface area contributed by atoms with Gasteiger partial charge < -0.3 is 5.11 Å². The van der Waals surface area contributed by atoms with E-state index in [1.54, 1.807) is 24.4 Å². The maximum absolute atomic E-state index is 12.0. The summed E-state index contributed by atoms with van der Waals surface area (Å²) >= 11 is 1.30. The van der Waals surface area contributed by atoms with Gasteiger partial charge in [0.1, 0.15) is 6.54 Å². The van der Waals surface area contributed by atoms with Crippen molar-refractivity contribution in [1.82, 2.24) is 4.37 Å². The molecule has 0 aliphatic rings. The van der Waals surface area contributed by atoms with Gasteiger partial charge in [-0.25, -0.2) is 8.42 Å². The Labute approximate surface area is 114 Å². The van der Waals surface area contributed by atoms with Crippen LogP contribution in [0, 0.1) is 0 Å². The average Bonchev–Trinajstić information content (AvgIpc) is 2.82. The fourth-order valence-corrected chi connectivity index (χ4v) is 3.32. The third kappa shape index (κ3) is 2.85. The van der Waals surface area contributed by atoms with Crippen molar-refractivity contribution in [3.05, 3.63) is 24.4 Å². The van der Waals surface area contributed by atoms with Gasteiger partial charge in [-0.3, -0.25) is 9.10 Å². The molecule has 1 aromatic heterocycles. The molecule has 2 aromatic rings. The largest absolute Gasteiger partial charge is 0.480 e. The molecule has 0 amide bonds. The number of aliphatic carboxylic acids is 1. The number of aromatic nitrogens is 1. The summed E-state index contributed by atoms with van der Waals surface area (Å²) in [6.07, 6.45) is 1.63. The molecule has 0 saturated carbocycles. The number of fused-ring (bicyclic) bond motifs is 1. The maximum atomic E-state index is 12.0. The molecule has 102 valence electrons. The van der Waals surface area contributed by atoms with Gasteiger partial charge in [0.15, 0.2) is 0 Å². The molecule has 0 saturated heterocycles. The number of carboxylic acid groups (broad SMARTS) is 1. The highest BCUT2D eigenvalue weighted by Gasteiger charge is 2.23. The van der Waals surface area contributed by atoms with E-state index in [9.17, 15) is 13.2 Å². The molecule has 0 fully saturated rings. The van der Waals surface area contributed by atoms with Crippen LogP contribution in [0.5, 0.6) is 0 Å². The van der Waals surface area contributed by atoms with Crippen molar-refractivity contribution >= 4 is 43.3 Å². The number of carboxylic acids is 1. The van der Waals surface area contributed by atoms with E-state index in [2.05, 4.69) is 4.37 Å². The van der Waals surface area contributed by atoms with E-state index < -0.39 is 22.5 Å². The van der Waals surface area contributed by atoms with E-state index in [0.717, 1.165) is 14.4 Å². The summed E-state index contributed by atoms with van der Waals surface area (Å²) in [6, 6.07) is 4.97. The van der Waals surface area contributed by atoms with Crippen molar-refractivity contribution in [3.8, 4) is 0 Å². The molecule has 1 heterocycles. The van der Waals surface area contributed by atoms with Gasteiger partial charge in [0.05, 0.1) is 16.1 Å². The number of hydrogen-bond donors (Lipinski definition) is 1. The number of carbonyl (C=O) groups is 1. The van der Waals surface area contributed by atoms with E-state index >= 15 is 0 Å². The molecule has 0 radical (unpaired) electrons. The topological polar surface area (TPSA) is 87.6 Å². The molecular formula is C11H12N2O4S2. The molecule has 8 heteroatoms. The van der Waals surface area contributed by atoms with Crippen LogP contribution in [0.4, 0.5) is 5.69 Å². The summed E-state index contributed by atoms with van der Waals surface area (Å²) in [5.74, 6) is -1.35. The van der Waals surface area contributed by atoms with E-state index in [4.69, 9.17) is 5.11 Å². The van der Waals surface area contributed by atoms with E-state index in [1.807, 2.05) is 0 Å². The van der Waals surface area contributed by atoms with Gasteiger partial charge >= 0.3 is 5.97 Å². The summed E-state index contributed by atoms with van der Waals surface area (Å²) in [5.41, 5.74) is 0.344. The lowest BCUT2D eigenvalue weighted by Crippen LogP contribution is -2.36. The summed E-state index contributed by atoms with van der Waals surface area (Å²) < 4.78 is 29.8. The number of nitrogens with zero attached hydrogens (tertiary/aromatic N) is 2. The normalized spacial score (nSPS) is 11.6. The van der Waals surface area contributed by atoms with Crippen LogP contribution in [0.2, 0.25) is 0 Å². The predicted molar refractivity (Wildman–Crippen MR) is 74.1 cm³/mol. The van der Waals surface area contributed by atoms with Crippen LogP contribution >= 0.6 is 11.5 Å². The first-order valence-electron chi connectivity index (χ1n) is 5.50. The Balaban J connectivity index is 2.50. The highest BCUT2D eigenvalue weighted by molar-refractivity contribution is 7.92. The highest BCUT2D eigenvalue weighted by Crippen LogP contribution is 2.26. The van der Waals surface area contributed by atoms with Gasteiger partial charge in [0.2, 0.25) is 10.0 Å². The fourth-order valence-electron chi connectivity index (χ4n) is 1.64. The summed E-state index contributed by atoms with van der Waals surface area (Å²) in [4.78, 5) is 10.8. The van der Waals surface area contributed by atoms with Crippen LogP contribution in [0.3, 0.4) is 0 Å².